The number of ether oxygens (including phenoxy) is 1. The first kappa shape index (κ1) is 15.9. The zero-order valence-corrected chi connectivity index (χ0v) is 16.2. The third kappa shape index (κ3) is 3.12. The minimum absolute atomic E-state index is 0.0360. The highest BCUT2D eigenvalue weighted by Crippen LogP contribution is 2.38. The van der Waals surface area contributed by atoms with Crippen LogP contribution in [0.3, 0.4) is 0 Å². The Kier molecular flexibility index (Phi) is 3.80. The number of halogens is 1. The van der Waals surface area contributed by atoms with Crippen LogP contribution >= 0.6 is 0 Å². The minimum Gasteiger partial charge on any atom is -0.482 e. The van der Waals surface area contributed by atoms with Gasteiger partial charge in [0, 0.05) is 34.0 Å². The van der Waals surface area contributed by atoms with Crippen LogP contribution in [-0.4, -0.2) is 32.5 Å². The lowest BCUT2D eigenvalue weighted by atomic mass is 10.0. The Morgan fingerprint density at radius 3 is 2.97 bits per heavy atom. The predicted molar refractivity (Wildman–Crippen MR) is 108 cm³/mol. The molecule has 0 aliphatic carbocycles. The van der Waals surface area contributed by atoms with E-state index in [1.54, 1.807) is 20.0 Å². The van der Waals surface area contributed by atoms with E-state index in [2.05, 4.69) is 14.9 Å². The lowest BCUT2D eigenvalue weighted by Gasteiger charge is -2.23. The number of rotatable bonds is 0. The van der Waals surface area contributed by atoms with E-state index in [0.717, 1.165) is 12.1 Å². The highest BCUT2D eigenvalue weighted by atomic mass is 19.1. The van der Waals surface area contributed by atoms with Gasteiger partial charge in [0.1, 0.15) is 17.6 Å². The van der Waals surface area contributed by atoms with Crippen LogP contribution in [0.15, 0.2) is 30.5 Å². The summed E-state index contributed by atoms with van der Waals surface area (Å²) in [7, 11) is 1.54. The van der Waals surface area contributed by atoms with Gasteiger partial charge in [0.05, 0.1) is 13.6 Å². The number of nitrogens with two attached hydrogens (primary N) is 1. The summed E-state index contributed by atoms with van der Waals surface area (Å²) in [5.74, 6) is -1.10. The van der Waals surface area contributed by atoms with Gasteiger partial charge in [-0.1, -0.05) is 6.57 Å². The highest BCUT2D eigenvalue weighted by Gasteiger charge is 2.27. The summed E-state index contributed by atoms with van der Waals surface area (Å²) in [6.07, 6.45) is 0.550. The van der Waals surface area contributed by atoms with Crippen molar-refractivity contribution in [2.24, 2.45) is 7.05 Å². The first-order valence-corrected chi connectivity index (χ1v) is 8.98. The number of carbonyl (C=O) groups is 1. The number of nitrogens with zero attached hydrogens (tertiary/aromatic N) is 5. The first-order chi connectivity index (χ1) is 15.5. The molecule has 4 rings (SSSR count). The molecule has 9 heteroatoms. The molecule has 3 heterocycles. The zero-order chi connectivity index (χ0) is 24.1. The molecule has 0 fully saturated rings. The van der Waals surface area contributed by atoms with Crippen LogP contribution < -0.4 is 10.5 Å². The van der Waals surface area contributed by atoms with Crippen molar-refractivity contribution in [3.8, 4) is 16.9 Å². The number of carbonyl (C=O) groups excluding carboxylic acids is 1. The van der Waals surface area contributed by atoms with Gasteiger partial charge in [0.2, 0.25) is 0 Å². The van der Waals surface area contributed by atoms with E-state index in [1.165, 1.54) is 16.9 Å². The largest absolute Gasteiger partial charge is 0.482 e. The molecule has 1 aliphatic heterocycles. The molecule has 152 valence electrons. The highest BCUT2D eigenvalue weighted by molar-refractivity contribution is 5.96. The van der Waals surface area contributed by atoms with Gasteiger partial charge >= 0.3 is 0 Å². The SMILES string of the molecule is [2H]C([2H])([2H])N1Cc2nn(C)c([N+]#[C-])c2-c2cnc(N)c(c2)OC(C)c2cc(F)ccc2C1=O. The van der Waals surface area contributed by atoms with E-state index in [0.29, 0.717) is 16.0 Å². The van der Waals surface area contributed by atoms with Crippen LogP contribution in [0.1, 0.15) is 38.8 Å². The Morgan fingerprint density at radius 1 is 1.43 bits per heavy atom. The standard InChI is InChI=1S/C21H19FN6O2/c1-11-15-8-13(22)5-6-14(15)21(29)27(3)10-16-18(20(24-2)28(4)26-16)12-7-17(30-11)19(23)25-9-12/h5-9,11H,10H2,1,3-4H3,(H2,23,25)/i3D3. The Morgan fingerprint density at radius 2 is 2.23 bits per heavy atom. The molecule has 2 aromatic heterocycles. The van der Waals surface area contributed by atoms with E-state index < -0.39 is 31.3 Å². The van der Waals surface area contributed by atoms with Crippen molar-refractivity contribution in [1.29, 1.82) is 0 Å². The maximum absolute atomic E-state index is 14.1. The van der Waals surface area contributed by atoms with E-state index in [9.17, 15) is 9.18 Å². The number of hydrogen-bond donors (Lipinski definition) is 1. The van der Waals surface area contributed by atoms with Gasteiger partial charge in [0.25, 0.3) is 11.7 Å². The average molecular weight is 409 g/mol. The van der Waals surface area contributed by atoms with Gasteiger partial charge in [-0.25, -0.2) is 14.1 Å². The molecule has 3 aromatic rings. The molecular formula is C21H19FN6O2. The minimum atomic E-state index is -2.84. The van der Waals surface area contributed by atoms with Crippen molar-refractivity contribution in [3.05, 3.63) is 64.5 Å². The number of amides is 1. The van der Waals surface area contributed by atoms with E-state index in [4.69, 9.17) is 21.2 Å². The van der Waals surface area contributed by atoms with Crippen molar-refractivity contribution in [2.45, 2.75) is 19.6 Å². The fourth-order valence-corrected chi connectivity index (χ4v) is 3.48. The van der Waals surface area contributed by atoms with Crippen molar-refractivity contribution >= 4 is 17.5 Å². The molecule has 30 heavy (non-hydrogen) atoms. The van der Waals surface area contributed by atoms with E-state index in [-0.39, 0.29) is 34.2 Å². The molecule has 1 unspecified atom stereocenters. The van der Waals surface area contributed by atoms with Crippen molar-refractivity contribution in [3.63, 3.8) is 0 Å². The first-order valence-electron chi connectivity index (χ1n) is 10.5. The third-order valence-electron chi connectivity index (χ3n) is 4.90. The molecule has 1 aliphatic rings. The molecule has 2 bridgehead atoms. The molecule has 1 amide bonds. The number of pyridine rings is 1. The Hall–Kier alpha value is -3.93. The molecule has 0 saturated carbocycles. The fourth-order valence-electron chi connectivity index (χ4n) is 3.48. The molecular weight excluding hydrogens is 387 g/mol. The monoisotopic (exact) mass is 409 g/mol. The fraction of sp³-hybridized carbons (Fsp3) is 0.238. The number of nitrogen functional groups attached to an aromatic ring is 1. The molecule has 1 atom stereocenters. The predicted octanol–water partition coefficient (Wildman–Crippen LogP) is 3.48. The van der Waals surface area contributed by atoms with Crippen LogP contribution in [0.4, 0.5) is 16.0 Å². The summed E-state index contributed by atoms with van der Waals surface area (Å²) >= 11 is 0. The van der Waals surface area contributed by atoms with E-state index >= 15 is 0 Å². The van der Waals surface area contributed by atoms with Crippen LogP contribution in [0.5, 0.6) is 5.75 Å². The van der Waals surface area contributed by atoms with Gasteiger partial charge in [-0.2, -0.15) is 0 Å². The van der Waals surface area contributed by atoms with E-state index in [1.807, 2.05) is 0 Å². The molecule has 8 nitrogen and oxygen atoms in total. The summed E-state index contributed by atoms with van der Waals surface area (Å²) in [4.78, 5) is 21.8. The normalized spacial score (nSPS) is 17.8. The van der Waals surface area contributed by atoms with Crippen LogP contribution in [-0.2, 0) is 13.6 Å². The Balaban J connectivity index is 2.04. The second-order valence-corrected chi connectivity index (χ2v) is 6.87. The average Bonchev–Trinajstić information content (AvgIpc) is 3.06. The summed E-state index contributed by atoms with van der Waals surface area (Å²) in [6.45, 7) is 5.91. The number of aryl methyl sites for hydroxylation is 1. The molecule has 1 aromatic carbocycles. The number of aromatic nitrogens is 3. The summed E-state index contributed by atoms with van der Waals surface area (Å²) in [5, 5.41) is 4.31. The third-order valence-corrected chi connectivity index (χ3v) is 4.90. The van der Waals surface area contributed by atoms with Crippen LogP contribution in [0.25, 0.3) is 16.0 Å². The van der Waals surface area contributed by atoms with Gasteiger partial charge in [-0.05, 0) is 36.8 Å². The molecule has 0 spiro atoms. The summed E-state index contributed by atoms with van der Waals surface area (Å²) < 4.78 is 45.2. The second kappa shape index (κ2) is 7.15. The smallest absolute Gasteiger partial charge is 0.260 e. The van der Waals surface area contributed by atoms with Gasteiger partial charge in [0.15, 0.2) is 11.6 Å². The van der Waals surface area contributed by atoms with Gasteiger partial charge < -0.3 is 20.2 Å². The lowest BCUT2D eigenvalue weighted by molar-refractivity contribution is 0.0778. The maximum Gasteiger partial charge on any atom is 0.260 e. The van der Waals surface area contributed by atoms with Gasteiger partial charge in [-0.3, -0.25) is 4.79 Å². The number of fused-ring (bicyclic) bond motifs is 5. The zero-order valence-electron chi connectivity index (χ0n) is 19.2. The molecule has 2 N–H and O–H groups in total. The van der Waals surface area contributed by atoms with Crippen molar-refractivity contribution < 1.29 is 18.0 Å². The quantitative estimate of drug-likeness (QED) is 0.574. The maximum atomic E-state index is 14.1. The Labute approximate surface area is 176 Å². The summed E-state index contributed by atoms with van der Waals surface area (Å²) in [6, 6.07) is 4.99. The van der Waals surface area contributed by atoms with Crippen molar-refractivity contribution in [2.75, 3.05) is 12.7 Å². The number of anilines is 1. The molecule has 0 radical (unpaired) electrons. The van der Waals surface area contributed by atoms with Crippen LogP contribution in [0.2, 0.25) is 0 Å². The summed E-state index contributed by atoms with van der Waals surface area (Å²) in [5.41, 5.74) is 7.02. The van der Waals surface area contributed by atoms with Crippen LogP contribution in [0, 0.1) is 12.4 Å². The molecule has 0 saturated heterocycles. The number of hydrogen-bond acceptors (Lipinski definition) is 5. The lowest BCUT2D eigenvalue weighted by Crippen LogP contribution is -2.28. The van der Waals surface area contributed by atoms with Crippen molar-refractivity contribution in [1.82, 2.24) is 19.7 Å². The number of benzene rings is 1. The van der Waals surface area contributed by atoms with Gasteiger partial charge in [-0.15, -0.1) is 5.10 Å². The topological polar surface area (TPSA) is 90.6 Å². The Bertz CT molecular complexity index is 1310. The second-order valence-electron chi connectivity index (χ2n) is 6.87.